The SMILES string of the molecule is C[C@@H](CO)Sc1ccccc1[N+](=O)[O-]. The van der Waals surface area contributed by atoms with Crippen molar-refractivity contribution in [2.24, 2.45) is 0 Å². The van der Waals surface area contributed by atoms with Crippen LogP contribution < -0.4 is 0 Å². The number of aliphatic hydroxyl groups is 1. The fourth-order valence-electron chi connectivity index (χ4n) is 0.962. The molecule has 1 aromatic carbocycles. The van der Waals surface area contributed by atoms with Crippen LogP contribution in [0.2, 0.25) is 0 Å². The van der Waals surface area contributed by atoms with Gasteiger partial charge in [-0.05, 0) is 6.07 Å². The summed E-state index contributed by atoms with van der Waals surface area (Å²) in [7, 11) is 0. The van der Waals surface area contributed by atoms with E-state index in [1.54, 1.807) is 18.2 Å². The number of rotatable bonds is 4. The van der Waals surface area contributed by atoms with Crippen LogP contribution in [-0.4, -0.2) is 21.9 Å². The van der Waals surface area contributed by atoms with Crippen molar-refractivity contribution in [1.82, 2.24) is 0 Å². The number of nitro benzene ring substituents is 1. The molecule has 1 rings (SSSR count). The highest BCUT2D eigenvalue weighted by Gasteiger charge is 2.14. The maximum Gasteiger partial charge on any atom is 0.282 e. The van der Waals surface area contributed by atoms with Crippen LogP contribution >= 0.6 is 11.8 Å². The van der Waals surface area contributed by atoms with Gasteiger partial charge in [0, 0.05) is 11.3 Å². The van der Waals surface area contributed by atoms with Gasteiger partial charge in [0.05, 0.1) is 16.4 Å². The summed E-state index contributed by atoms with van der Waals surface area (Å²) in [6, 6.07) is 6.53. The molecule has 0 bridgehead atoms. The Bertz CT molecular complexity index is 330. The Morgan fingerprint density at radius 1 is 1.57 bits per heavy atom. The second-order valence-electron chi connectivity index (χ2n) is 2.84. The fraction of sp³-hybridized carbons (Fsp3) is 0.333. The molecule has 1 N–H and O–H groups in total. The van der Waals surface area contributed by atoms with E-state index in [1.165, 1.54) is 17.8 Å². The van der Waals surface area contributed by atoms with Crippen molar-refractivity contribution in [3.63, 3.8) is 0 Å². The molecule has 0 saturated carbocycles. The lowest BCUT2D eigenvalue weighted by Gasteiger charge is -2.07. The predicted molar refractivity (Wildman–Crippen MR) is 55.5 cm³/mol. The summed E-state index contributed by atoms with van der Waals surface area (Å²) < 4.78 is 0. The van der Waals surface area contributed by atoms with Gasteiger partial charge in [-0.2, -0.15) is 0 Å². The van der Waals surface area contributed by atoms with Crippen molar-refractivity contribution in [2.45, 2.75) is 17.1 Å². The zero-order valence-electron chi connectivity index (χ0n) is 7.71. The third-order valence-electron chi connectivity index (χ3n) is 1.65. The Kier molecular flexibility index (Phi) is 3.91. The van der Waals surface area contributed by atoms with Gasteiger partial charge in [-0.25, -0.2) is 0 Å². The molecule has 5 heteroatoms. The molecule has 76 valence electrons. The van der Waals surface area contributed by atoms with E-state index >= 15 is 0 Å². The molecular weight excluding hydrogens is 202 g/mol. The normalized spacial score (nSPS) is 12.4. The minimum atomic E-state index is -0.410. The third-order valence-corrected chi connectivity index (χ3v) is 2.80. The van der Waals surface area contributed by atoms with Crippen LogP contribution in [0.25, 0.3) is 0 Å². The molecule has 1 atom stereocenters. The Morgan fingerprint density at radius 3 is 2.79 bits per heavy atom. The van der Waals surface area contributed by atoms with Crippen LogP contribution in [0.5, 0.6) is 0 Å². The Morgan fingerprint density at radius 2 is 2.21 bits per heavy atom. The Balaban J connectivity index is 2.90. The molecule has 0 fully saturated rings. The predicted octanol–water partition coefficient (Wildman–Crippen LogP) is 2.07. The fourth-order valence-corrected chi connectivity index (χ4v) is 1.89. The zero-order valence-corrected chi connectivity index (χ0v) is 8.53. The average Bonchev–Trinajstić information content (AvgIpc) is 2.18. The molecule has 0 heterocycles. The first-order valence-electron chi connectivity index (χ1n) is 4.16. The van der Waals surface area contributed by atoms with Crippen molar-refractivity contribution < 1.29 is 10.0 Å². The summed E-state index contributed by atoms with van der Waals surface area (Å²) in [5.41, 5.74) is 0.0952. The van der Waals surface area contributed by atoms with Crippen molar-refractivity contribution >= 4 is 17.4 Å². The number of benzene rings is 1. The smallest absolute Gasteiger partial charge is 0.282 e. The summed E-state index contributed by atoms with van der Waals surface area (Å²) in [6.45, 7) is 1.83. The van der Waals surface area contributed by atoms with Crippen molar-refractivity contribution in [2.75, 3.05) is 6.61 Å². The summed E-state index contributed by atoms with van der Waals surface area (Å²) in [4.78, 5) is 10.8. The molecule has 0 aliphatic heterocycles. The highest BCUT2D eigenvalue weighted by Crippen LogP contribution is 2.31. The maximum absolute atomic E-state index is 10.6. The van der Waals surface area contributed by atoms with Crippen molar-refractivity contribution in [1.29, 1.82) is 0 Å². The third kappa shape index (κ3) is 2.71. The standard InChI is InChI=1S/C9H11NO3S/c1-7(6-11)14-9-5-3-2-4-8(9)10(12)13/h2-5,7,11H,6H2,1H3/t7-/m0/s1. The molecule has 0 aliphatic rings. The van der Waals surface area contributed by atoms with Gasteiger partial charge in [-0.1, -0.05) is 19.1 Å². The second-order valence-corrected chi connectivity index (χ2v) is 4.32. The molecule has 0 spiro atoms. The van der Waals surface area contributed by atoms with E-state index in [1.807, 2.05) is 6.92 Å². The monoisotopic (exact) mass is 213 g/mol. The van der Waals surface area contributed by atoms with Crippen LogP contribution in [0, 0.1) is 10.1 Å². The lowest BCUT2D eigenvalue weighted by molar-refractivity contribution is -0.387. The average molecular weight is 213 g/mol. The molecule has 0 radical (unpaired) electrons. The molecular formula is C9H11NO3S. The molecule has 0 unspecified atom stereocenters. The molecule has 14 heavy (non-hydrogen) atoms. The largest absolute Gasteiger partial charge is 0.395 e. The van der Waals surface area contributed by atoms with E-state index in [9.17, 15) is 10.1 Å². The second kappa shape index (κ2) is 4.97. The number of para-hydroxylation sites is 1. The first-order chi connectivity index (χ1) is 6.65. The lowest BCUT2D eigenvalue weighted by Crippen LogP contribution is -2.02. The minimum absolute atomic E-state index is 0.0106. The molecule has 0 aliphatic carbocycles. The van der Waals surface area contributed by atoms with Gasteiger partial charge >= 0.3 is 0 Å². The number of hydrogen-bond acceptors (Lipinski definition) is 4. The molecule has 0 saturated heterocycles. The van der Waals surface area contributed by atoms with Crippen molar-refractivity contribution in [3.05, 3.63) is 34.4 Å². The zero-order chi connectivity index (χ0) is 10.6. The lowest BCUT2D eigenvalue weighted by atomic mass is 10.3. The van der Waals surface area contributed by atoms with Crippen LogP contribution in [0.4, 0.5) is 5.69 Å². The summed E-state index contributed by atoms with van der Waals surface area (Å²) in [5, 5.41) is 19.4. The first-order valence-corrected chi connectivity index (χ1v) is 5.04. The highest BCUT2D eigenvalue weighted by atomic mass is 32.2. The van der Waals surface area contributed by atoms with Gasteiger partial charge in [0.25, 0.3) is 5.69 Å². The molecule has 4 nitrogen and oxygen atoms in total. The first kappa shape index (κ1) is 11.0. The summed E-state index contributed by atoms with van der Waals surface area (Å²) in [6.07, 6.45) is 0. The highest BCUT2D eigenvalue weighted by molar-refractivity contribution is 8.00. The van der Waals surface area contributed by atoms with E-state index in [-0.39, 0.29) is 17.5 Å². The van der Waals surface area contributed by atoms with Crippen LogP contribution in [0.1, 0.15) is 6.92 Å². The van der Waals surface area contributed by atoms with Gasteiger partial charge in [0.1, 0.15) is 0 Å². The quantitative estimate of drug-likeness (QED) is 0.472. The number of thioether (sulfide) groups is 1. The van der Waals surface area contributed by atoms with E-state index in [4.69, 9.17) is 5.11 Å². The number of aliphatic hydroxyl groups excluding tert-OH is 1. The maximum atomic E-state index is 10.6. The van der Waals surface area contributed by atoms with Gasteiger partial charge in [0.15, 0.2) is 0 Å². The Hall–Kier alpha value is -1.07. The topological polar surface area (TPSA) is 63.4 Å². The molecule has 0 aromatic heterocycles. The van der Waals surface area contributed by atoms with E-state index in [0.717, 1.165) is 0 Å². The van der Waals surface area contributed by atoms with E-state index in [2.05, 4.69) is 0 Å². The van der Waals surface area contributed by atoms with Crippen LogP contribution in [-0.2, 0) is 0 Å². The van der Waals surface area contributed by atoms with E-state index < -0.39 is 4.92 Å². The van der Waals surface area contributed by atoms with Gasteiger partial charge in [-0.15, -0.1) is 11.8 Å². The Labute approximate surface area is 86.1 Å². The van der Waals surface area contributed by atoms with Crippen LogP contribution in [0.3, 0.4) is 0 Å². The van der Waals surface area contributed by atoms with E-state index in [0.29, 0.717) is 4.90 Å². The minimum Gasteiger partial charge on any atom is -0.395 e. The van der Waals surface area contributed by atoms with Gasteiger partial charge < -0.3 is 5.11 Å². The number of hydrogen-bond donors (Lipinski definition) is 1. The molecule has 0 amide bonds. The number of nitro groups is 1. The van der Waals surface area contributed by atoms with Gasteiger partial charge in [0.2, 0.25) is 0 Å². The van der Waals surface area contributed by atoms with Crippen LogP contribution in [0.15, 0.2) is 29.2 Å². The molecule has 1 aromatic rings. The van der Waals surface area contributed by atoms with Crippen molar-refractivity contribution in [3.8, 4) is 0 Å². The number of nitrogens with zero attached hydrogens (tertiary/aromatic N) is 1. The summed E-state index contributed by atoms with van der Waals surface area (Å²) >= 11 is 1.31. The van der Waals surface area contributed by atoms with Gasteiger partial charge in [-0.3, -0.25) is 10.1 Å². The summed E-state index contributed by atoms with van der Waals surface area (Å²) in [5.74, 6) is 0.